The molecular weight excluding hydrogens is 93.5 g/mol. The number of carbonyl (C=O) groups excluding carboxylic acids is 1. The first kappa shape index (κ1) is 4.56. The van der Waals surface area contributed by atoms with E-state index in [1.807, 2.05) is 0 Å². The van der Waals surface area contributed by atoms with Crippen molar-refractivity contribution in [3.05, 3.63) is 4.91 Å². The Balaban J connectivity index is 3.20. The topological polar surface area (TPSA) is 46.5 Å². The minimum atomic E-state index is -1.20. The molecule has 0 N–H and O–H groups in total. The van der Waals surface area contributed by atoms with Crippen LogP contribution in [0, 0.1) is 4.91 Å². The van der Waals surface area contributed by atoms with E-state index in [2.05, 4.69) is 11.6 Å². The standard InChI is InChI=1S/CClNO2/c2-1(4)3-5. The van der Waals surface area contributed by atoms with Crippen LogP contribution in [-0.2, 0) is 0 Å². The Morgan fingerprint density at radius 3 is 2.00 bits per heavy atom. The molecule has 0 aromatic heterocycles. The van der Waals surface area contributed by atoms with Gasteiger partial charge in [0.25, 0.3) is 0 Å². The summed E-state index contributed by atoms with van der Waals surface area (Å²) in [6.07, 6.45) is 0. The maximum absolute atomic E-state index is 9.10. The van der Waals surface area contributed by atoms with Crippen LogP contribution < -0.4 is 0 Å². The van der Waals surface area contributed by atoms with Crippen LogP contribution in [0.2, 0.25) is 0 Å². The maximum Gasteiger partial charge on any atom is 0.377 e. The molecule has 0 aromatic carbocycles. The first-order valence-corrected chi connectivity index (χ1v) is 1.18. The lowest BCUT2D eigenvalue weighted by atomic mass is 11.5. The van der Waals surface area contributed by atoms with E-state index in [0.29, 0.717) is 0 Å². The summed E-state index contributed by atoms with van der Waals surface area (Å²) in [5.41, 5.74) is 0. The van der Waals surface area contributed by atoms with Gasteiger partial charge in [0.05, 0.1) is 0 Å². The predicted molar refractivity (Wildman–Crippen MR) is 17.0 cm³/mol. The van der Waals surface area contributed by atoms with E-state index >= 15 is 0 Å². The van der Waals surface area contributed by atoms with Crippen LogP contribution in [0.15, 0.2) is 5.18 Å². The number of hydrogen-bond donors (Lipinski definition) is 0. The minimum absolute atomic E-state index is 1.20. The molecule has 0 aliphatic rings. The summed E-state index contributed by atoms with van der Waals surface area (Å²) < 4.78 is 0. The Bertz CT molecular complexity index is 60.7. The second kappa shape index (κ2) is 1.84. The van der Waals surface area contributed by atoms with Gasteiger partial charge in [-0.2, -0.15) is 0 Å². The Labute approximate surface area is 32.9 Å². The van der Waals surface area contributed by atoms with E-state index in [1.54, 1.807) is 5.18 Å². The lowest BCUT2D eigenvalue weighted by Gasteiger charge is -1.52. The van der Waals surface area contributed by atoms with Crippen molar-refractivity contribution in [2.75, 3.05) is 0 Å². The minimum Gasteiger partial charge on any atom is -0.250 e. The van der Waals surface area contributed by atoms with Crippen molar-refractivity contribution < 1.29 is 4.79 Å². The van der Waals surface area contributed by atoms with Crippen molar-refractivity contribution in [2.45, 2.75) is 0 Å². The molecule has 0 unspecified atom stereocenters. The molecule has 3 nitrogen and oxygen atoms in total. The molecule has 0 bridgehead atoms. The van der Waals surface area contributed by atoms with Crippen LogP contribution in [0.1, 0.15) is 0 Å². The van der Waals surface area contributed by atoms with E-state index in [-0.39, 0.29) is 0 Å². The Kier molecular flexibility index (Phi) is 1.68. The summed E-state index contributed by atoms with van der Waals surface area (Å²) in [6, 6.07) is 0. The van der Waals surface area contributed by atoms with Gasteiger partial charge in [0.2, 0.25) is 0 Å². The molecular formula is CClNO2. The quantitative estimate of drug-likeness (QED) is 0.256. The highest BCUT2D eigenvalue weighted by atomic mass is 35.5. The molecule has 1 amide bonds. The van der Waals surface area contributed by atoms with Crippen molar-refractivity contribution in [1.29, 1.82) is 0 Å². The van der Waals surface area contributed by atoms with Crippen LogP contribution in [0.3, 0.4) is 0 Å². The summed E-state index contributed by atoms with van der Waals surface area (Å²) in [4.78, 5) is 17.9. The van der Waals surface area contributed by atoms with Gasteiger partial charge < -0.3 is 0 Å². The van der Waals surface area contributed by atoms with E-state index in [4.69, 9.17) is 9.70 Å². The van der Waals surface area contributed by atoms with Crippen molar-refractivity contribution in [1.82, 2.24) is 0 Å². The number of rotatable bonds is 0. The van der Waals surface area contributed by atoms with Gasteiger partial charge in [0, 0.05) is 5.18 Å². The fourth-order valence-electron chi connectivity index (χ4n) is 0. The molecule has 0 heterocycles. The molecule has 0 aromatic rings. The second-order valence-electron chi connectivity index (χ2n) is 0.344. The van der Waals surface area contributed by atoms with E-state index in [9.17, 15) is 0 Å². The van der Waals surface area contributed by atoms with Gasteiger partial charge >= 0.3 is 5.37 Å². The second-order valence-corrected chi connectivity index (χ2v) is 0.668. The maximum atomic E-state index is 9.10. The van der Waals surface area contributed by atoms with Crippen molar-refractivity contribution in [3.63, 3.8) is 0 Å². The van der Waals surface area contributed by atoms with Crippen LogP contribution in [0.5, 0.6) is 0 Å². The number of hydrogen-bond acceptors (Lipinski definition) is 2. The van der Waals surface area contributed by atoms with Gasteiger partial charge in [0.15, 0.2) is 0 Å². The zero-order chi connectivity index (χ0) is 4.28. The first-order valence-electron chi connectivity index (χ1n) is 0.799. The summed E-state index contributed by atoms with van der Waals surface area (Å²) in [5.74, 6) is 0. The van der Waals surface area contributed by atoms with Gasteiger partial charge in [0.1, 0.15) is 0 Å². The van der Waals surface area contributed by atoms with Gasteiger partial charge in [-0.25, -0.2) is 4.79 Å². The van der Waals surface area contributed by atoms with Crippen LogP contribution in [0.25, 0.3) is 0 Å². The highest BCUT2D eigenvalue weighted by Gasteiger charge is 1.82. The summed E-state index contributed by atoms with van der Waals surface area (Å²) in [7, 11) is 0. The molecule has 0 radical (unpaired) electrons. The van der Waals surface area contributed by atoms with E-state index < -0.39 is 5.37 Å². The van der Waals surface area contributed by atoms with Gasteiger partial charge in [-0.1, -0.05) is 0 Å². The molecule has 0 spiro atoms. The Morgan fingerprint density at radius 2 is 2.00 bits per heavy atom. The molecule has 4 heteroatoms. The van der Waals surface area contributed by atoms with Gasteiger partial charge in [-0.05, 0) is 11.6 Å². The van der Waals surface area contributed by atoms with Gasteiger partial charge in [-0.3, -0.25) is 0 Å². The van der Waals surface area contributed by atoms with Crippen LogP contribution >= 0.6 is 11.6 Å². The largest absolute Gasteiger partial charge is 0.377 e. The monoisotopic (exact) mass is 93.0 g/mol. The average Bonchev–Trinajstić information content (AvgIpc) is 1.38. The molecule has 0 aliphatic heterocycles. The molecule has 0 fully saturated rings. The normalized spacial score (nSPS) is 6.60. The summed E-state index contributed by atoms with van der Waals surface area (Å²) in [5, 5.41) is 0.562. The number of halogens is 1. The van der Waals surface area contributed by atoms with Crippen molar-refractivity contribution >= 4 is 17.0 Å². The van der Waals surface area contributed by atoms with Crippen molar-refractivity contribution in [2.24, 2.45) is 5.18 Å². The average molecular weight is 93.5 g/mol. The third-order valence-corrected chi connectivity index (χ3v) is 0.141. The highest BCUT2D eigenvalue weighted by Crippen LogP contribution is 1.78. The van der Waals surface area contributed by atoms with Crippen LogP contribution in [0.4, 0.5) is 4.79 Å². The van der Waals surface area contributed by atoms with Gasteiger partial charge in [-0.15, -0.1) is 4.91 Å². The lowest BCUT2D eigenvalue weighted by Crippen LogP contribution is -1.62. The number of amides is 1. The number of nitroso groups, excluding NO2 is 1. The predicted octanol–water partition coefficient (Wildman–Crippen LogP) is 1.11. The zero-order valence-electron chi connectivity index (χ0n) is 2.14. The Morgan fingerprint density at radius 1 is 1.80 bits per heavy atom. The molecule has 0 saturated heterocycles. The fourth-order valence-corrected chi connectivity index (χ4v) is 0. The molecule has 0 rings (SSSR count). The number of nitrogens with zero attached hydrogens (tertiary/aromatic N) is 1. The SMILES string of the molecule is O=NC(=O)Cl. The summed E-state index contributed by atoms with van der Waals surface area (Å²) >= 11 is 4.34. The molecule has 0 aliphatic carbocycles. The summed E-state index contributed by atoms with van der Waals surface area (Å²) in [6.45, 7) is 0. The lowest BCUT2D eigenvalue weighted by molar-refractivity contribution is 0.266. The van der Waals surface area contributed by atoms with Crippen molar-refractivity contribution in [3.8, 4) is 0 Å². The molecule has 28 valence electrons. The third kappa shape index (κ3) is 3.56. The number of carbonyl (C=O) groups is 1. The first-order chi connectivity index (χ1) is 2.27. The van der Waals surface area contributed by atoms with E-state index in [1.165, 1.54) is 0 Å². The molecule has 0 atom stereocenters. The molecule has 5 heavy (non-hydrogen) atoms. The van der Waals surface area contributed by atoms with Crippen LogP contribution in [-0.4, -0.2) is 5.37 Å². The third-order valence-electron chi connectivity index (χ3n) is 0.0718. The smallest absolute Gasteiger partial charge is 0.250 e. The highest BCUT2D eigenvalue weighted by molar-refractivity contribution is 6.63. The zero-order valence-corrected chi connectivity index (χ0v) is 2.90. The molecule has 0 saturated carbocycles. The van der Waals surface area contributed by atoms with E-state index in [0.717, 1.165) is 0 Å². The Hall–Kier alpha value is -0.440. The fraction of sp³-hybridized carbons (Fsp3) is 0.